The molecule has 1 aromatic heterocycles. The van der Waals surface area contributed by atoms with Crippen molar-refractivity contribution in [2.24, 2.45) is 0 Å². The molecule has 1 aromatic rings. The maximum Gasteiger partial charge on any atom is 0.322 e. The van der Waals surface area contributed by atoms with Gasteiger partial charge in [0.1, 0.15) is 6.61 Å². The normalized spacial score (nSPS) is 12.6. The molecule has 1 heterocycles. The molecule has 0 aliphatic heterocycles. The van der Waals surface area contributed by atoms with Crippen molar-refractivity contribution in [3.8, 4) is 6.01 Å². The quantitative estimate of drug-likeness (QED) is 0.762. The summed E-state index contributed by atoms with van der Waals surface area (Å²) in [6.07, 6.45) is 0. The summed E-state index contributed by atoms with van der Waals surface area (Å²) in [5, 5.41) is -0.135. The summed E-state index contributed by atoms with van der Waals surface area (Å²) in [5.41, 5.74) is 0. The Balaban J connectivity index is 2.66. The van der Waals surface area contributed by atoms with Gasteiger partial charge in [-0.05, 0) is 30.1 Å². The van der Waals surface area contributed by atoms with E-state index in [1.165, 1.54) is 0 Å². The van der Waals surface area contributed by atoms with Gasteiger partial charge in [0.05, 0.1) is 5.38 Å². The highest BCUT2D eigenvalue weighted by Gasteiger charge is 2.05. The Hall–Kier alpha value is -0.320. The molecular formula is C6H6Cl3N3O. The second kappa shape index (κ2) is 4.79. The lowest BCUT2D eigenvalue weighted by atomic mass is 10.5. The number of hydrogen-bond acceptors (Lipinski definition) is 4. The zero-order chi connectivity index (χ0) is 9.84. The molecule has 13 heavy (non-hydrogen) atoms. The zero-order valence-corrected chi connectivity index (χ0v) is 8.94. The largest absolute Gasteiger partial charge is 0.462 e. The number of nitrogens with zero attached hydrogens (tertiary/aromatic N) is 3. The molecule has 1 rings (SSSR count). The van der Waals surface area contributed by atoms with E-state index in [9.17, 15) is 0 Å². The van der Waals surface area contributed by atoms with E-state index in [0.717, 1.165) is 0 Å². The van der Waals surface area contributed by atoms with Crippen LogP contribution in [0.25, 0.3) is 0 Å². The van der Waals surface area contributed by atoms with E-state index in [4.69, 9.17) is 39.5 Å². The summed E-state index contributed by atoms with van der Waals surface area (Å²) in [4.78, 5) is 10.9. The van der Waals surface area contributed by atoms with E-state index in [-0.39, 0.29) is 28.6 Å². The van der Waals surface area contributed by atoms with E-state index >= 15 is 0 Å². The van der Waals surface area contributed by atoms with Gasteiger partial charge in [-0.15, -0.1) is 11.6 Å². The van der Waals surface area contributed by atoms with Crippen molar-refractivity contribution < 1.29 is 4.74 Å². The fraction of sp³-hybridized carbons (Fsp3) is 0.500. The molecule has 4 nitrogen and oxygen atoms in total. The van der Waals surface area contributed by atoms with Crippen molar-refractivity contribution in [1.29, 1.82) is 0 Å². The predicted molar refractivity (Wildman–Crippen MR) is 50.7 cm³/mol. The van der Waals surface area contributed by atoms with Crippen molar-refractivity contribution >= 4 is 34.8 Å². The van der Waals surface area contributed by atoms with Gasteiger partial charge < -0.3 is 4.74 Å². The number of halogens is 3. The highest BCUT2D eigenvalue weighted by Crippen LogP contribution is 2.11. The molecule has 1 atom stereocenters. The maximum atomic E-state index is 5.65. The minimum atomic E-state index is -0.130. The third-order valence-electron chi connectivity index (χ3n) is 1.00. The Kier molecular flexibility index (Phi) is 3.96. The van der Waals surface area contributed by atoms with E-state index in [1.54, 1.807) is 6.92 Å². The summed E-state index contributed by atoms with van der Waals surface area (Å²) >= 11 is 16.7. The van der Waals surface area contributed by atoms with Crippen LogP contribution in [0.1, 0.15) is 6.92 Å². The van der Waals surface area contributed by atoms with E-state index < -0.39 is 0 Å². The first kappa shape index (κ1) is 10.8. The highest BCUT2D eigenvalue weighted by molar-refractivity contribution is 6.31. The van der Waals surface area contributed by atoms with Gasteiger partial charge in [0.15, 0.2) is 0 Å². The SMILES string of the molecule is CC(Cl)COc1nc(Cl)nc(Cl)n1. The van der Waals surface area contributed by atoms with E-state index in [0.29, 0.717) is 0 Å². The van der Waals surface area contributed by atoms with Gasteiger partial charge in [-0.25, -0.2) is 0 Å². The minimum Gasteiger partial charge on any atom is -0.462 e. The maximum absolute atomic E-state index is 5.65. The molecule has 72 valence electrons. The molecule has 0 amide bonds. The molecule has 0 radical (unpaired) electrons. The standard InChI is InChI=1S/C6H6Cl3N3O/c1-3(7)2-13-6-11-4(8)10-5(9)12-6/h3H,2H2,1H3. The monoisotopic (exact) mass is 241 g/mol. The van der Waals surface area contributed by atoms with E-state index in [1.807, 2.05) is 0 Å². The molecule has 0 saturated carbocycles. The highest BCUT2D eigenvalue weighted by atomic mass is 35.5. The fourth-order valence-corrected chi connectivity index (χ4v) is 0.974. The van der Waals surface area contributed by atoms with Crippen LogP contribution in [0.2, 0.25) is 10.6 Å². The first-order valence-electron chi connectivity index (χ1n) is 3.42. The molecule has 0 spiro atoms. The summed E-state index contributed by atoms with van der Waals surface area (Å²) < 4.78 is 5.07. The van der Waals surface area contributed by atoms with Crippen LogP contribution in [0.15, 0.2) is 0 Å². The Labute approximate surface area is 90.2 Å². The Morgan fingerprint density at radius 2 is 1.77 bits per heavy atom. The molecule has 0 aliphatic carbocycles. The molecule has 0 saturated heterocycles. The first-order chi connectivity index (χ1) is 6.08. The van der Waals surface area contributed by atoms with Crippen molar-refractivity contribution in [2.45, 2.75) is 12.3 Å². The lowest BCUT2D eigenvalue weighted by molar-refractivity contribution is 0.294. The third kappa shape index (κ3) is 3.93. The summed E-state index contributed by atoms with van der Waals surface area (Å²) in [7, 11) is 0. The van der Waals surface area contributed by atoms with Gasteiger partial charge in [0.2, 0.25) is 10.6 Å². The van der Waals surface area contributed by atoms with Crippen LogP contribution in [0.3, 0.4) is 0 Å². The summed E-state index contributed by atoms with van der Waals surface area (Å²) in [6, 6.07) is 0.0810. The summed E-state index contributed by atoms with van der Waals surface area (Å²) in [6.45, 7) is 2.07. The smallest absolute Gasteiger partial charge is 0.322 e. The van der Waals surface area contributed by atoms with Crippen LogP contribution in [-0.2, 0) is 0 Å². The molecule has 0 fully saturated rings. The lowest BCUT2D eigenvalue weighted by Gasteiger charge is -2.04. The number of hydrogen-bond donors (Lipinski definition) is 0. The molecule has 0 aromatic carbocycles. The van der Waals surface area contributed by atoms with Gasteiger partial charge in [0, 0.05) is 0 Å². The van der Waals surface area contributed by atoms with Gasteiger partial charge in [-0.1, -0.05) is 0 Å². The fourth-order valence-electron chi connectivity index (χ4n) is 0.563. The molecule has 7 heteroatoms. The van der Waals surface area contributed by atoms with Crippen LogP contribution in [0, 0.1) is 0 Å². The second-order valence-electron chi connectivity index (χ2n) is 2.25. The average molecular weight is 242 g/mol. The van der Waals surface area contributed by atoms with Crippen LogP contribution >= 0.6 is 34.8 Å². The van der Waals surface area contributed by atoms with Crippen molar-refractivity contribution in [1.82, 2.24) is 15.0 Å². The van der Waals surface area contributed by atoms with Gasteiger partial charge >= 0.3 is 6.01 Å². The Morgan fingerprint density at radius 1 is 1.23 bits per heavy atom. The van der Waals surface area contributed by atoms with Gasteiger partial charge in [-0.2, -0.15) is 15.0 Å². The average Bonchev–Trinajstić information content (AvgIpc) is 1.99. The van der Waals surface area contributed by atoms with Crippen molar-refractivity contribution in [3.05, 3.63) is 10.6 Å². The van der Waals surface area contributed by atoms with E-state index in [2.05, 4.69) is 15.0 Å². The number of aromatic nitrogens is 3. The lowest BCUT2D eigenvalue weighted by Crippen LogP contribution is -2.09. The Bertz CT molecular complexity index is 274. The first-order valence-corrected chi connectivity index (χ1v) is 4.61. The number of ether oxygens (including phenoxy) is 1. The molecule has 0 N–H and O–H groups in total. The van der Waals surface area contributed by atoms with Crippen molar-refractivity contribution in [2.75, 3.05) is 6.61 Å². The Morgan fingerprint density at radius 3 is 2.23 bits per heavy atom. The molecular weight excluding hydrogens is 236 g/mol. The second-order valence-corrected chi connectivity index (χ2v) is 3.67. The van der Waals surface area contributed by atoms with Gasteiger partial charge in [-0.3, -0.25) is 0 Å². The molecule has 1 unspecified atom stereocenters. The molecule has 0 bridgehead atoms. The minimum absolute atomic E-state index is 0.00257. The van der Waals surface area contributed by atoms with Crippen LogP contribution in [0.4, 0.5) is 0 Å². The number of alkyl halides is 1. The number of rotatable bonds is 3. The molecule has 0 aliphatic rings. The van der Waals surface area contributed by atoms with Crippen molar-refractivity contribution in [3.63, 3.8) is 0 Å². The summed E-state index contributed by atoms with van der Waals surface area (Å²) in [5.74, 6) is 0. The van der Waals surface area contributed by atoms with Crippen LogP contribution < -0.4 is 4.74 Å². The van der Waals surface area contributed by atoms with Gasteiger partial charge in [0.25, 0.3) is 0 Å². The van der Waals surface area contributed by atoms with Crippen LogP contribution in [0.5, 0.6) is 6.01 Å². The predicted octanol–water partition coefficient (Wildman–Crippen LogP) is 2.18. The van der Waals surface area contributed by atoms with Crippen LogP contribution in [-0.4, -0.2) is 26.9 Å². The zero-order valence-electron chi connectivity index (χ0n) is 6.67. The topological polar surface area (TPSA) is 47.9 Å². The third-order valence-corrected chi connectivity index (χ3v) is 1.47.